The molecule has 3 aromatic rings. The fourth-order valence-electron chi connectivity index (χ4n) is 4.23. The van der Waals surface area contributed by atoms with Crippen LogP contribution in [0.1, 0.15) is 31.0 Å². The van der Waals surface area contributed by atoms with Crippen LogP contribution in [0.5, 0.6) is 0 Å². The van der Waals surface area contributed by atoms with Gasteiger partial charge in [-0.1, -0.05) is 18.2 Å². The summed E-state index contributed by atoms with van der Waals surface area (Å²) in [4.78, 5) is 40.0. The van der Waals surface area contributed by atoms with E-state index in [2.05, 4.69) is 15.6 Å². The van der Waals surface area contributed by atoms with Crippen molar-refractivity contribution in [3.05, 3.63) is 66.7 Å². The maximum absolute atomic E-state index is 12.8. The fraction of sp³-hybridized carbons (Fsp3) is 0.292. The van der Waals surface area contributed by atoms with Crippen molar-refractivity contribution in [2.24, 2.45) is 0 Å². The topological polar surface area (TPSA) is 100 Å². The largest absolute Gasteiger partial charge is 0.344 e. The lowest BCUT2D eigenvalue weighted by molar-refractivity contribution is -0.133. The monoisotopic (exact) mass is 428 g/mol. The number of nitrogens with one attached hydrogen (secondary N) is 2. The third-order valence-electron chi connectivity index (χ3n) is 5.91. The van der Waals surface area contributed by atoms with Gasteiger partial charge in [0.05, 0.1) is 5.69 Å². The van der Waals surface area contributed by atoms with Gasteiger partial charge in [-0.2, -0.15) is 0 Å². The molecule has 2 aliphatic rings. The first-order valence-corrected chi connectivity index (χ1v) is 10.9. The van der Waals surface area contributed by atoms with Gasteiger partial charge in [0.2, 0.25) is 11.8 Å². The quantitative estimate of drug-likeness (QED) is 0.648. The molecule has 2 aliphatic heterocycles. The smallest absolute Gasteiger partial charge is 0.245 e. The number of nitrogens with zero attached hydrogens (tertiary/aromatic N) is 4. The van der Waals surface area contributed by atoms with Crippen molar-refractivity contribution < 1.29 is 9.59 Å². The number of hydrogen-bond acceptors (Lipinski definition) is 6. The van der Waals surface area contributed by atoms with Crippen molar-refractivity contribution >= 4 is 23.3 Å². The van der Waals surface area contributed by atoms with Gasteiger partial charge in [0, 0.05) is 55.1 Å². The highest BCUT2D eigenvalue weighted by Gasteiger charge is 2.35. The number of benzene rings is 1. The van der Waals surface area contributed by atoms with Crippen molar-refractivity contribution in [3.63, 3.8) is 0 Å². The van der Waals surface area contributed by atoms with Gasteiger partial charge in [-0.25, -0.2) is 9.97 Å². The van der Waals surface area contributed by atoms with Gasteiger partial charge in [0.15, 0.2) is 0 Å². The third kappa shape index (κ3) is 4.30. The third-order valence-corrected chi connectivity index (χ3v) is 5.91. The number of carbonyl (C=O) groups is 2. The van der Waals surface area contributed by atoms with Crippen molar-refractivity contribution in [2.75, 3.05) is 18.4 Å². The Kier molecular flexibility index (Phi) is 5.49. The van der Waals surface area contributed by atoms with E-state index in [0.717, 1.165) is 23.4 Å². The molecule has 5 rings (SSSR count). The van der Waals surface area contributed by atoms with Crippen molar-refractivity contribution in [1.29, 1.82) is 0 Å². The summed E-state index contributed by atoms with van der Waals surface area (Å²) in [7, 11) is 0. The number of pyridine rings is 1. The van der Waals surface area contributed by atoms with E-state index in [-0.39, 0.29) is 17.7 Å². The summed E-state index contributed by atoms with van der Waals surface area (Å²) in [5.74, 6) is 1.38. The maximum atomic E-state index is 12.8. The van der Waals surface area contributed by atoms with E-state index in [1.54, 1.807) is 12.4 Å². The molecule has 0 saturated carbocycles. The summed E-state index contributed by atoms with van der Waals surface area (Å²) in [6.07, 6.45) is 5.28. The first-order valence-electron chi connectivity index (χ1n) is 10.9. The maximum Gasteiger partial charge on any atom is 0.245 e. The van der Waals surface area contributed by atoms with E-state index >= 15 is 0 Å². The lowest BCUT2D eigenvalue weighted by Crippen LogP contribution is -2.43. The normalized spacial score (nSPS) is 20.2. The number of carbonyl (C=O) groups excluding carboxylic acids is 2. The number of amides is 2. The summed E-state index contributed by atoms with van der Waals surface area (Å²) in [6.45, 7) is 1.18. The van der Waals surface area contributed by atoms with Crippen molar-refractivity contribution in [2.45, 2.75) is 31.2 Å². The summed E-state index contributed by atoms with van der Waals surface area (Å²) >= 11 is 0. The van der Waals surface area contributed by atoms with Gasteiger partial charge in [-0.15, -0.1) is 0 Å². The van der Waals surface area contributed by atoms with Gasteiger partial charge < -0.3 is 15.5 Å². The highest BCUT2D eigenvalue weighted by Crippen LogP contribution is 2.30. The standard InChI is InChI=1S/C24H24N6O2/c31-22-9-8-19(27-22)24(32)30-12-10-17(15-30)23-28-20(16-5-4-11-25-14-16)13-21(29-23)26-18-6-2-1-3-7-18/h1-7,11,13-14,17,19H,8-10,12,15H2,(H,27,31)(H,26,28,29). The minimum Gasteiger partial charge on any atom is -0.344 e. The molecule has 2 atom stereocenters. The number of rotatable bonds is 5. The number of likely N-dealkylation sites (tertiary alicyclic amines) is 1. The van der Waals surface area contributed by atoms with Crippen LogP contribution in [-0.4, -0.2) is 50.8 Å². The number of hydrogen-bond donors (Lipinski definition) is 2. The Bertz CT molecular complexity index is 1120. The molecule has 2 amide bonds. The predicted molar refractivity (Wildman–Crippen MR) is 120 cm³/mol. The van der Waals surface area contributed by atoms with Crippen LogP contribution in [0, 0.1) is 0 Å². The molecule has 2 fully saturated rings. The lowest BCUT2D eigenvalue weighted by Gasteiger charge is -2.20. The molecule has 1 aromatic carbocycles. The molecule has 2 saturated heterocycles. The molecule has 0 spiro atoms. The molecule has 8 heteroatoms. The van der Waals surface area contributed by atoms with E-state index < -0.39 is 6.04 Å². The molecule has 8 nitrogen and oxygen atoms in total. The molecule has 162 valence electrons. The molecular weight excluding hydrogens is 404 g/mol. The summed E-state index contributed by atoms with van der Waals surface area (Å²) in [5, 5.41) is 6.14. The molecule has 2 aromatic heterocycles. The van der Waals surface area contributed by atoms with Crippen LogP contribution < -0.4 is 10.6 Å². The minimum absolute atomic E-state index is 0.00982. The van der Waals surface area contributed by atoms with Crippen LogP contribution in [0.3, 0.4) is 0 Å². The zero-order valence-electron chi connectivity index (χ0n) is 17.6. The molecule has 0 aliphatic carbocycles. The first-order chi connectivity index (χ1) is 15.7. The molecule has 32 heavy (non-hydrogen) atoms. The predicted octanol–water partition coefficient (Wildman–Crippen LogP) is 2.88. The highest BCUT2D eigenvalue weighted by molar-refractivity contribution is 5.91. The molecule has 0 radical (unpaired) electrons. The Balaban J connectivity index is 1.40. The van der Waals surface area contributed by atoms with Gasteiger partial charge >= 0.3 is 0 Å². The van der Waals surface area contributed by atoms with Crippen LogP contribution in [0.15, 0.2) is 60.9 Å². The molecule has 0 bridgehead atoms. The molecule has 2 N–H and O–H groups in total. The zero-order valence-corrected chi connectivity index (χ0v) is 17.6. The van der Waals surface area contributed by atoms with Crippen LogP contribution in [0.25, 0.3) is 11.3 Å². The Morgan fingerprint density at radius 2 is 1.97 bits per heavy atom. The SMILES string of the molecule is O=C1CCC(C(=O)N2CCC(c3nc(Nc4ccccc4)cc(-c4cccnc4)n3)C2)N1. The Labute approximate surface area is 186 Å². The van der Waals surface area contributed by atoms with E-state index in [4.69, 9.17) is 9.97 Å². The van der Waals surface area contributed by atoms with Gasteiger partial charge in [-0.3, -0.25) is 14.6 Å². The van der Waals surface area contributed by atoms with Gasteiger partial charge in [0.25, 0.3) is 0 Å². The number of para-hydroxylation sites is 1. The Morgan fingerprint density at radius 1 is 1.09 bits per heavy atom. The van der Waals surface area contributed by atoms with Gasteiger partial charge in [-0.05, 0) is 37.1 Å². The average molecular weight is 428 g/mol. The van der Waals surface area contributed by atoms with Gasteiger partial charge in [0.1, 0.15) is 17.7 Å². The second-order valence-corrected chi connectivity index (χ2v) is 8.16. The Morgan fingerprint density at radius 3 is 2.72 bits per heavy atom. The first kappa shape index (κ1) is 20.1. The average Bonchev–Trinajstić information content (AvgIpc) is 3.49. The molecule has 2 unspecified atom stereocenters. The fourth-order valence-corrected chi connectivity index (χ4v) is 4.23. The van der Waals surface area contributed by atoms with E-state index in [1.807, 2.05) is 53.4 Å². The van der Waals surface area contributed by atoms with E-state index in [1.165, 1.54) is 0 Å². The van der Waals surface area contributed by atoms with E-state index in [0.29, 0.717) is 37.6 Å². The number of aromatic nitrogens is 3. The van der Waals surface area contributed by atoms with Crippen LogP contribution in [-0.2, 0) is 9.59 Å². The van der Waals surface area contributed by atoms with Crippen molar-refractivity contribution in [1.82, 2.24) is 25.2 Å². The highest BCUT2D eigenvalue weighted by atomic mass is 16.2. The zero-order chi connectivity index (χ0) is 21.9. The second-order valence-electron chi connectivity index (χ2n) is 8.16. The summed E-state index contributed by atoms with van der Waals surface area (Å²) < 4.78 is 0. The molecule has 4 heterocycles. The second kappa shape index (κ2) is 8.74. The lowest BCUT2D eigenvalue weighted by atomic mass is 10.1. The summed E-state index contributed by atoms with van der Waals surface area (Å²) in [5.41, 5.74) is 2.63. The van der Waals surface area contributed by atoms with Crippen molar-refractivity contribution in [3.8, 4) is 11.3 Å². The van der Waals surface area contributed by atoms with Crippen LogP contribution >= 0.6 is 0 Å². The van der Waals surface area contributed by atoms with Crippen LogP contribution in [0.4, 0.5) is 11.5 Å². The van der Waals surface area contributed by atoms with Crippen LogP contribution in [0.2, 0.25) is 0 Å². The minimum atomic E-state index is -0.404. The Hall–Kier alpha value is -3.81. The molecular formula is C24H24N6O2. The number of anilines is 2. The van der Waals surface area contributed by atoms with E-state index in [9.17, 15) is 9.59 Å². The summed E-state index contributed by atoms with van der Waals surface area (Å²) in [6, 6.07) is 15.2.